The van der Waals surface area contributed by atoms with Gasteiger partial charge in [-0.2, -0.15) is 0 Å². The van der Waals surface area contributed by atoms with E-state index in [0.29, 0.717) is 18.6 Å². The van der Waals surface area contributed by atoms with Gasteiger partial charge in [0.05, 0.1) is 19.1 Å². The molecular weight excluding hydrogens is 259 g/mol. The van der Waals surface area contributed by atoms with Gasteiger partial charge in [-0.15, -0.1) is 11.6 Å². The topological polar surface area (TPSA) is 35.5 Å². The second-order valence-corrected chi connectivity index (χ2v) is 4.23. The number of hydrogen-bond donors (Lipinski definition) is 0. The Labute approximate surface area is 111 Å². The van der Waals surface area contributed by atoms with Crippen molar-refractivity contribution in [3.8, 4) is 5.75 Å². The molecular formula is C13H16ClFO3. The Morgan fingerprint density at radius 2 is 2.22 bits per heavy atom. The third-order valence-electron chi connectivity index (χ3n) is 2.44. The van der Waals surface area contributed by atoms with Crippen LogP contribution in [0.15, 0.2) is 18.2 Å². The van der Waals surface area contributed by atoms with Gasteiger partial charge in [0.1, 0.15) is 0 Å². The highest BCUT2D eigenvalue weighted by molar-refractivity contribution is 6.20. The first-order valence-electron chi connectivity index (χ1n) is 5.71. The van der Waals surface area contributed by atoms with Crippen molar-refractivity contribution in [2.24, 2.45) is 0 Å². The molecule has 0 saturated carbocycles. The van der Waals surface area contributed by atoms with Crippen LogP contribution >= 0.6 is 11.6 Å². The molecule has 1 atom stereocenters. The number of carbonyl (C=O) groups is 1. The van der Waals surface area contributed by atoms with Crippen molar-refractivity contribution < 1.29 is 18.7 Å². The minimum Gasteiger partial charge on any atom is -0.494 e. The summed E-state index contributed by atoms with van der Waals surface area (Å²) >= 11 is 6.10. The van der Waals surface area contributed by atoms with Crippen LogP contribution in [0.1, 0.15) is 30.7 Å². The summed E-state index contributed by atoms with van der Waals surface area (Å²) in [5.74, 6) is -0.582. The molecule has 5 heteroatoms. The maximum absolute atomic E-state index is 13.5. The fourth-order valence-electron chi connectivity index (χ4n) is 1.52. The molecule has 0 aliphatic heterocycles. The van der Waals surface area contributed by atoms with Crippen molar-refractivity contribution in [2.45, 2.75) is 25.1 Å². The van der Waals surface area contributed by atoms with Crippen LogP contribution in [0.3, 0.4) is 0 Å². The lowest BCUT2D eigenvalue weighted by atomic mass is 10.1. The number of rotatable bonds is 6. The van der Waals surface area contributed by atoms with Gasteiger partial charge in [-0.05, 0) is 31.0 Å². The number of methoxy groups -OCH3 is 1. The predicted octanol–water partition coefficient (Wildman–Crippen LogP) is 3.46. The van der Waals surface area contributed by atoms with Gasteiger partial charge in [0, 0.05) is 6.42 Å². The summed E-state index contributed by atoms with van der Waals surface area (Å²) < 4.78 is 23.1. The fourth-order valence-corrected chi connectivity index (χ4v) is 1.77. The highest BCUT2D eigenvalue weighted by Gasteiger charge is 2.13. The van der Waals surface area contributed by atoms with E-state index in [1.54, 1.807) is 13.0 Å². The number of benzene rings is 1. The first-order valence-corrected chi connectivity index (χ1v) is 6.15. The van der Waals surface area contributed by atoms with Gasteiger partial charge >= 0.3 is 5.97 Å². The minimum atomic E-state index is -0.461. The minimum absolute atomic E-state index is 0.174. The summed E-state index contributed by atoms with van der Waals surface area (Å²) in [6.07, 6.45) is 0.627. The van der Waals surface area contributed by atoms with Crippen molar-refractivity contribution in [1.82, 2.24) is 0 Å². The van der Waals surface area contributed by atoms with Crippen molar-refractivity contribution >= 4 is 17.6 Å². The zero-order valence-electron chi connectivity index (χ0n) is 10.4. The molecule has 0 fully saturated rings. The van der Waals surface area contributed by atoms with Crippen LogP contribution in [0.5, 0.6) is 5.75 Å². The Morgan fingerprint density at radius 3 is 2.78 bits per heavy atom. The number of ether oxygens (including phenoxy) is 2. The van der Waals surface area contributed by atoms with Gasteiger partial charge in [0.15, 0.2) is 11.6 Å². The third-order valence-corrected chi connectivity index (χ3v) is 2.91. The Hall–Kier alpha value is -1.29. The number of halogens is 2. The second kappa shape index (κ2) is 7.21. The first-order chi connectivity index (χ1) is 8.58. The van der Waals surface area contributed by atoms with E-state index in [2.05, 4.69) is 0 Å². The SMILES string of the molecule is CCOC(=O)CCC(Cl)c1ccc(OC)c(F)c1. The zero-order valence-corrected chi connectivity index (χ0v) is 11.2. The lowest BCUT2D eigenvalue weighted by Crippen LogP contribution is -2.05. The Balaban J connectivity index is 2.58. The van der Waals surface area contributed by atoms with Crippen molar-refractivity contribution in [2.75, 3.05) is 13.7 Å². The number of esters is 1. The van der Waals surface area contributed by atoms with E-state index in [-0.39, 0.29) is 18.1 Å². The molecule has 0 spiro atoms. The fraction of sp³-hybridized carbons (Fsp3) is 0.462. The summed E-state index contributed by atoms with van der Waals surface area (Å²) in [5.41, 5.74) is 0.624. The molecule has 0 bridgehead atoms. The van der Waals surface area contributed by atoms with E-state index < -0.39 is 11.2 Å². The Bertz CT molecular complexity index is 409. The van der Waals surface area contributed by atoms with Gasteiger partial charge in [-0.25, -0.2) is 4.39 Å². The van der Waals surface area contributed by atoms with Crippen LogP contribution in [0.4, 0.5) is 4.39 Å². The molecule has 1 rings (SSSR count). The lowest BCUT2D eigenvalue weighted by Gasteiger charge is -2.10. The molecule has 1 aromatic rings. The molecule has 0 aromatic heterocycles. The molecule has 18 heavy (non-hydrogen) atoms. The van der Waals surface area contributed by atoms with Crippen molar-refractivity contribution in [1.29, 1.82) is 0 Å². The summed E-state index contributed by atoms with van der Waals surface area (Å²) in [4.78, 5) is 11.2. The monoisotopic (exact) mass is 274 g/mol. The molecule has 0 aliphatic rings. The molecule has 0 N–H and O–H groups in total. The first kappa shape index (κ1) is 14.8. The number of alkyl halides is 1. The molecule has 0 heterocycles. The average molecular weight is 275 g/mol. The average Bonchev–Trinajstić information content (AvgIpc) is 2.36. The third kappa shape index (κ3) is 4.18. The normalized spacial score (nSPS) is 12.0. The highest BCUT2D eigenvalue weighted by Crippen LogP contribution is 2.29. The van der Waals surface area contributed by atoms with Crippen LogP contribution in [-0.2, 0) is 9.53 Å². The van der Waals surface area contributed by atoms with Gasteiger partial charge in [-0.3, -0.25) is 4.79 Å². The molecule has 0 amide bonds. The molecule has 3 nitrogen and oxygen atoms in total. The molecule has 1 aromatic carbocycles. The van der Waals surface area contributed by atoms with E-state index in [0.717, 1.165) is 0 Å². The Kier molecular flexibility index (Phi) is 5.92. The maximum Gasteiger partial charge on any atom is 0.305 e. The zero-order chi connectivity index (χ0) is 13.5. The summed E-state index contributed by atoms with van der Waals surface area (Å²) in [6.45, 7) is 2.10. The van der Waals surface area contributed by atoms with Crippen LogP contribution in [0.2, 0.25) is 0 Å². The standard InChI is InChI=1S/C13H16ClFO3/c1-3-18-13(16)7-5-10(14)9-4-6-12(17-2)11(15)8-9/h4,6,8,10H,3,5,7H2,1-2H3. The summed E-state index contributed by atoms with van der Waals surface area (Å²) in [7, 11) is 1.40. The van der Waals surface area contributed by atoms with E-state index in [1.807, 2.05) is 0 Å². The van der Waals surface area contributed by atoms with E-state index in [4.69, 9.17) is 21.1 Å². The van der Waals surface area contributed by atoms with Crippen LogP contribution in [-0.4, -0.2) is 19.7 Å². The number of carbonyl (C=O) groups excluding carboxylic acids is 1. The number of hydrogen-bond acceptors (Lipinski definition) is 3. The predicted molar refractivity (Wildman–Crippen MR) is 67.4 cm³/mol. The van der Waals surface area contributed by atoms with Gasteiger partial charge in [-0.1, -0.05) is 6.07 Å². The van der Waals surface area contributed by atoms with Crippen LogP contribution in [0.25, 0.3) is 0 Å². The molecule has 1 unspecified atom stereocenters. The summed E-state index contributed by atoms with van der Waals surface area (Å²) in [5, 5.41) is -0.421. The molecule has 0 aliphatic carbocycles. The highest BCUT2D eigenvalue weighted by atomic mass is 35.5. The second-order valence-electron chi connectivity index (χ2n) is 3.71. The van der Waals surface area contributed by atoms with Gasteiger partial charge < -0.3 is 9.47 Å². The maximum atomic E-state index is 13.5. The van der Waals surface area contributed by atoms with E-state index in [1.165, 1.54) is 19.2 Å². The van der Waals surface area contributed by atoms with Crippen LogP contribution in [0, 0.1) is 5.82 Å². The van der Waals surface area contributed by atoms with Crippen LogP contribution < -0.4 is 4.74 Å². The molecule has 0 radical (unpaired) electrons. The lowest BCUT2D eigenvalue weighted by molar-refractivity contribution is -0.143. The smallest absolute Gasteiger partial charge is 0.305 e. The van der Waals surface area contributed by atoms with Crippen molar-refractivity contribution in [3.63, 3.8) is 0 Å². The van der Waals surface area contributed by atoms with E-state index >= 15 is 0 Å². The Morgan fingerprint density at radius 1 is 1.50 bits per heavy atom. The largest absolute Gasteiger partial charge is 0.494 e. The molecule has 100 valence electrons. The van der Waals surface area contributed by atoms with Crippen molar-refractivity contribution in [3.05, 3.63) is 29.6 Å². The van der Waals surface area contributed by atoms with Gasteiger partial charge in [0.25, 0.3) is 0 Å². The molecule has 0 saturated heterocycles. The van der Waals surface area contributed by atoms with Gasteiger partial charge in [0.2, 0.25) is 0 Å². The summed E-state index contributed by atoms with van der Waals surface area (Å²) in [6, 6.07) is 4.52. The quantitative estimate of drug-likeness (QED) is 0.589. The van der Waals surface area contributed by atoms with E-state index in [9.17, 15) is 9.18 Å².